The molecule has 0 aromatic carbocycles. The Morgan fingerprint density at radius 1 is 1.32 bits per heavy atom. The number of nitrogens with zero attached hydrogens (tertiary/aromatic N) is 1. The summed E-state index contributed by atoms with van der Waals surface area (Å²) in [4.78, 5) is 16.1. The number of ether oxygens (including phenoxy) is 1. The molecule has 0 aliphatic heterocycles. The van der Waals surface area contributed by atoms with E-state index in [2.05, 4.69) is 20.9 Å². The molecule has 2 aliphatic rings. The predicted octanol–water partition coefficient (Wildman–Crippen LogP) is 1.03. The van der Waals surface area contributed by atoms with E-state index in [-0.39, 0.29) is 12.5 Å². The molecule has 22 heavy (non-hydrogen) atoms. The number of aliphatic imine (C=N–C) groups is 1. The lowest BCUT2D eigenvalue weighted by atomic mass is 9.67. The smallest absolute Gasteiger partial charge is 0.242 e. The first-order valence-electron chi connectivity index (χ1n) is 8.48. The van der Waals surface area contributed by atoms with Crippen LogP contribution in [0.5, 0.6) is 0 Å². The van der Waals surface area contributed by atoms with E-state index < -0.39 is 0 Å². The van der Waals surface area contributed by atoms with E-state index in [0.717, 1.165) is 44.9 Å². The molecule has 3 N–H and O–H groups in total. The van der Waals surface area contributed by atoms with Crippen LogP contribution in [0.3, 0.4) is 0 Å². The molecule has 0 aromatic rings. The fourth-order valence-electron chi connectivity index (χ4n) is 2.78. The highest BCUT2D eigenvalue weighted by Gasteiger charge is 2.36. The van der Waals surface area contributed by atoms with Crippen LogP contribution in [-0.2, 0) is 9.53 Å². The molecule has 0 heterocycles. The van der Waals surface area contributed by atoms with Gasteiger partial charge in [-0.05, 0) is 44.4 Å². The van der Waals surface area contributed by atoms with Crippen molar-refractivity contribution >= 4 is 11.9 Å². The molecule has 0 aromatic heterocycles. The number of nitrogens with one attached hydrogen (secondary N) is 3. The van der Waals surface area contributed by atoms with Gasteiger partial charge in [-0.3, -0.25) is 4.79 Å². The Labute approximate surface area is 133 Å². The molecule has 1 amide bonds. The zero-order chi connectivity index (χ0) is 15.8. The Balaban J connectivity index is 1.77. The van der Waals surface area contributed by atoms with Crippen LogP contribution in [0.4, 0.5) is 0 Å². The molecule has 6 heteroatoms. The van der Waals surface area contributed by atoms with Crippen LogP contribution in [0.25, 0.3) is 0 Å². The largest absolute Gasteiger partial charge is 0.385 e. The van der Waals surface area contributed by atoms with Crippen molar-refractivity contribution in [1.82, 2.24) is 16.0 Å². The second-order valence-corrected chi connectivity index (χ2v) is 6.49. The summed E-state index contributed by atoms with van der Waals surface area (Å²) in [5.74, 6) is 0.745. The van der Waals surface area contributed by atoms with Crippen LogP contribution in [0.1, 0.15) is 45.4 Å². The van der Waals surface area contributed by atoms with Crippen molar-refractivity contribution < 1.29 is 9.53 Å². The second-order valence-electron chi connectivity index (χ2n) is 6.49. The van der Waals surface area contributed by atoms with E-state index in [9.17, 15) is 4.79 Å². The van der Waals surface area contributed by atoms with Crippen LogP contribution in [0.15, 0.2) is 4.99 Å². The molecule has 2 aliphatic carbocycles. The van der Waals surface area contributed by atoms with Gasteiger partial charge >= 0.3 is 0 Å². The Bertz CT molecular complexity index is 390. The molecule has 0 radical (unpaired) electrons. The summed E-state index contributed by atoms with van der Waals surface area (Å²) in [6.45, 7) is 4.72. The molecule has 0 atom stereocenters. The molecular formula is C16H30N4O2. The van der Waals surface area contributed by atoms with Gasteiger partial charge in [-0.1, -0.05) is 6.42 Å². The maximum absolute atomic E-state index is 11.7. The van der Waals surface area contributed by atoms with Crippen LogP contribution >= 0.6 is 0 Å². The van der Waals surface area contributed by atoms with Gasteiger partial charge in [0.15, 0.2) is 5.96 Å². The van der Waals surface area contributed by atoms with E-state index in [4.69, 9.17) is 4.74 Å². The fraction of sp³-hybridized carbons (Fsp3) is 0.875. The lowest BCUT2D eigenvalue weighted by Gasteiger charge is -2.42. The highest BCUT2D eigenvalue weighted by atomic mass is 16.5. The number of carbonyl (C=O) groups is 1. The molecule has 126 valence electrons. The third-order valence-corrected chi connectivity index (χ3v) is 4.55. The number of hydrogen-bond donors (Lipinski definition) is 3. The normalized spacial score (nSPS) is 20.2. The maximum Gasteiger partial charge on any atom is 0.242 e. The quantitative estimate of drug-likeness (QED) is 0.439. The summed E-state index contributed by atoms with van der Waals surface area (Å²) in [6.07, 6.45) is 7.07. The first-order valence-corrected chi connectivity index (χ1v) is 8.48. The van der Waals surface area contributed by atoms with Gasteiger partial charge in [0, 0.05) is 32.8 Å². The third-order valence-electron chi connectivity index (χ3n) is 4.55. The van der Waals surface area contributed by atoms with E-state index in [1.807, 2.05) is 6.92 Å². The predicted molar refractivity (Wildman–Crippen MR) is 87.9 cm³/mol. The maximum atomic E-state index is 11.7. The van der Waals surface area contributed by atoms with Crippen molar-refractivity contribution in [2.75, 3.05) is 33.4 Å². The van der Waals surface area contributed by atoms with Gasteiger partial charge in [-0.2, -0.15) is 0 Å². The Hall–Kier alpha value is -1.30. The Kier molecular flexibility index (Phi) is 6.49. The van der Waals surface area contributed by atoms with Crippen molar-refractivity contribution in [3.05, 3.63) is 0 Å². The van der Waals surface area contributed by atoms with Crippen LogP contribution in [-0.4, -0.2) is 51.3 Å². The van der Waals surface area contributed by atoms with Gasteiger partial charge in [-0.15, -0.1) is 0 Å². The monoisotopic (exact) mass is 310 g/mol. The molecule has 2 fully saturated rings. The molecule has 6 nitrogen and oxygen atoms in total. The van der Waals surface area contributed by atoms with Crippen molar-refractivity contribution in [3.8, 4) is 0 Å². The SMILES string of the molecule is CCNC(=NCC(=O)NC1CC1)NCC1(CCOC)CCC1. The molecule has 2 saturated carbocycles. The molecule has 2 rings (SSSR count). The minimum Gasteiger partial charge on any atom is -0.385 e. The fourth-order valence-corrected chi connectivity index (χ4v) is 2.78. The Morgan fingerprint density at radius 3 is 2.64 bits per heavy atom. The van der Waals surface area contributed by atoms with Crippen molar-refractivity contribution in [2.24, 2.45) is 10.4 Å². The van der Waals surface area contributed by atoms with Crippen LogP contribution in [0, 0.1) is 5.41 Å². The molecular weight excluding hydrogens is 280 g/mol. The zero-order valence-electron chi connectivity index (χ0n) is 13.9. The number of rotatable bonds is 9. The topological polar surface area (TPSA) is 74.8 Å². The molecule has 0 bridgehead atoms. The molecule has 0 saturated heterocycles. The zero-order valence-corrected chi connectivity index (χ0v) is 13.9. The molecule has 0 spiro atoms. The number of methoxy groups -OCH3 is 1. The third kappa shape index (κ3) is 5.48. The lowest BCUT2D eigenvalue weighted by Crippen LogP contribution is -2.47. The van der Waals surface area contributed by atoms with E-state index in [0.29, 0.717) is 11.5 Å². The van der Waals surface area contributed by atoms with E-state index in [1.165, 1.54) is 19.3 Å². The highest BCUT2D eigenvalue weighted by Crippen LogP contribution is 2.43. The summed E-state index contributed by atoms with van der Waals surface area (Å²) in [5.41, 5.74) is 0.336. The van der Waals surface area contributed by atoms with Crippen molar-refractivity contribution in [1.29, 1.82) is 0 Å². The number of carbonyl (C=O) groups excluding carboxylic acids is 1. The lowest BCUT2D eigenvalue weighted by molar-refractivity contribution is -0.119. The minimum absolute atomic E-state index is 0.0115. The first kappa shape index (κ1) is 17.1. The van der Waals surface area contributed by atoms with Gasteiger partial charge in [0.2, 0.25) is 5.91 Å². The number of amides is 1. The van der Waals surface area contributed by atoms with Gasteiger partial charge < -0.3 is 20.7 Å². The van der Waals surface area contributed by atoms with Gasteiger partial charge in [0.05, 0.1) is 0 Å². The summed E-state index contributed by atoms with van der Waals surface area (Å²) < 4.78 is 5.22. The highest BCUT2D eigenvalue weighted by molar-refractivity contribution is 5.85. The van der Waals surface area contributed by atoms with Crippen LogP contribution < -0.4 is 16.0 Å². The molecule has 0 unspecified atom stereocenters. The van der Waals surface area contributed by atoms with E-state index in [1.54, 1.807) is 7.11 Å². The number of hydrogen-bond acceptors (Lipinski definition) is 3. The van der Waals surface area contributed by atoms with Gasteiger partial charge in [0.1, 0.15) is 6.54 Å². The summed E-state index contributed by atoms with van der Waals surface area (Å²) in [6, 6.07) is 0.394. The summed E-state index contributed by atoms with van der Waals surface area (Å²) in [7, 11) is 1.75. The summed E-state index contributed by atoms with van der Waals surface area (Å²) >= 11 is 0. The van der Waals surface area contributed by atoms with Gasteiger partial charge in [0.25, 0.3) is 0 Å². The van der Waals surface area contributed by atoms with Crippen molar-refractivity contribution in [2.45, 2.75) is 51.5 Å². The number of guanidine groups is 1. The van der Waals surface area contributed by atoms with E-state index >= 15 is 0 Å². The van der Waals surface area contributed by atoms with Crippen LogP contribution in [0.2, 0.25) is 0 Å². The van der Waals surface area contributed by atoms with Gasteiger partial charge in [-0.25, -0.2) is 4.99 Å². The minimum atomic E-state index is 0.0115. The summed E-state index contributed by atoms with van der Waals surface area (Å²) in [5, 5.41) is 9.57. The Morgan fingerprint density at radius 2 is 2.09 bits per heavy atom. The average molecular weight is 310 g/mol. The standard InChI is InChI=1S/C16H30N4O2/c1-3-17-15(18-11-14(21)20-13-5-6-13)19-12-16(7-4-8-16)9-10-22-2/h13H,3-12H2,1-2H3,(H,20,21)(H2,17,18,19). The average Bonchev–Trinajstić information content (AvgIpc) is 3.27. The first-order chi connectivity index (χ1) is 10.7. The van der Waals surface area contributed by atoms with Crippen molar-refractivity contribution in [3.63, 3.8) is 0 Å². The second kappa shape index (κ2) is 8.36.